The van der Waals surface area contributed by atoms with E-state index in [9.17, 15) is 0 Å². The van der Waals surface area contributed by atoms with Gasteiger partial charge in [-0.3, -0.25) is 0 Å². The van der Waals surface area contributed by atoms with Gasteiger partial charge in [0.05, 0.1) is 0 Å². The normalized spacial score (nSPS) is 2.71. The minimum Gasteiger partial charge on any atom is -0.392 e. The standard InChI is InChI=1S/C2H6.CH4OSi.2CH4/c1-2;1-3-2;;/h1-2H3;3H,1H3;2*1H4. The highest BCUT2D eigenvalue weighted by molar-refractivity contribution is 6.14. The first-order valence-electron chi connectivity index (χ1n) is 1.81. The summed E-state index contributed by atoms with van der Waals surface area (Å²) < 4.78 is 9.01. The van der Waals surface area contributed by atoms with Gasteiger partial charge in [-0.15, -0.1) is 0 Å². The fourth-order valence-electron chi connectivity index (χ4n) is 0. The Bertz CT molecular complexity index is 15.6. The summed E-state index contributed by atoms with van der Waals surface area (Å²) in [6.45, 7) is 5.65. The molecule has 0 heterocycles. The van der Waals surface area contributed by atoms with E-state index in [1.54, 1.807) is 6.55 Å². The third-order valence-corrected chi connectivity index (χ3v) is 0. The molecule has 0 radical (unpaired) electrons. The van der Waals surface area contributed by atoms with Gasteiger partial charge in [-0.05, 0) is 6.55 Å². The van der Waals surface area contributed by atoms with E-state index in [4.69, 9.17) is 4.46 Å². The summed E-state index contributed by atoms with van der Waals surface area (Å²) in [4.78, 5) is 0. The predicted octanol–water partition coefficient (Wildman–Crippen LogP) is 2.11. The van der Waals surface area contributed by atoms with Gasteiger partial charge in [-0.25, -0.2) is 0 Å². The lowest BCUT2D eigenvalue weighted by Crippen LogP contribution is -1.39. The van der Waals surface area contributed by atoms with Gasteiger partial charge in [-0.1, -0.05) is 28.7 Å². The monoisotopic (exact) mass is 122 g/mol. The Kier molecular flexibility index (Phi) is 584. The van der Waals surface area contributed by atoms with Crippen LogP contribution in [0.1, 0.15) is 28.7 Å². The highest BCUT2D eigenvalue weighted by Gasteiger charge is 1.31. The molecule has 0 atom stereocenters. The molecule has 0 amide bonds. The van der Waals surface area contributed by atoms with Crippen LogP contribution in [0.3, 0.4) is 0 Å². The van der Waals surface area contributed by atoms with Crippen molar-refractivity contribution in [2.75, 3.05) is 0 Å². The van der Waals surface area contributed by atoms with Crippen LogP contribution in [0.25, 0.3) is 0 Å². The number of hydrogen-bond acceptors (Lipinski definition) is 1. The van der Waals surface area contributed by atoms with Crippen LogP contribution in [0.4, 0.5) is 0 Å². The lowest BCUT2D eigenvalue weighted by Gasteiger charge is -1.20. The molecule has 0 aromatic rings. The van der Waals surface area contributed by atoms with E-state index < -0.39 is 9.41 Å². The average molecular weight is 122 g/mol. The molecule has 0 aliphatic rings. The van der Waals surface area contributed by atoms with E-state index in [1.807, 2.05) is 13.8 Å². The quantitative estimate of drug-likeness (QED) is 0.450. The van der Waals surface area contributed by atoms with Crippen molar-refractivity contribution in [1.29, 1.82) is 0 Å². The Morgan fingerprint density at radius 2 is 1.14 bits per heavy atom. The second-order valence-electron chi connectivity index (χ2n) is 0.236. The van der Waals surface area contributed by atoms with Crippen LogP contribution in [0, 0.1) is 0 Å². The molecular weight excluding hydrogens is 104 g/mol. The molecule has 0 aliphatic heterocycles. The second kappa shape index (κ2) is 146. The van der Waals surface area contributed by atoms with Crippen LogP contribution < -0.4 is 0 Å². The molecule has 0 rings (SSSR count). The molecule has 0 spiro atoms. The van der Waals surface area contributed by atoms with Crippen LogP contribution in [-0.4, -0.2) is 9.41 Å². The van der Waals surface area contributed by atoms with Crippen LogP contribution in [0.5, 0.6) is 0 Å². The smallest absolute Gasteiger partial charge is 0.257 e. The zero-order chi connectivity index (χ0) is 4.71. The van der Waals surface area contributed by atoms with Gasteiger partial charge in [0.25, 0.3) is 9.41 Å². The van der Waals surface area contributed by atoms with Crippen LogP contribution in [-0.2, 0) is 4.46 Å². The summed E-state index contributed by atoms with van der Waals surface area (Å²) in [6, 6.07) is 0. The van der Waals surface area contributed by atoms with Crippen molar-refractivity contribution < 1.29 is 4.46 Å². The van der Waals surface area contributed by atoms with Gasteiger partial charge in [-0.2, -0.15) is 0 Å². The Hall–Kier alpha value is 0.0169. The Morgan fingerprint density at radius 3 is 1.14 bits per heavy atom. The highest BCUT2D eigenvalue weighted by atomic mass is 28.2. The predicted molar refractivity (Wildman–Crippen MR) is 38.5 cm³/mol. The van der Waals surface area contributed by atoms with Gasteiger partial charge in [0, 0.05) is 0 Å². The van der Waals surface area contributed by atoms with Crippen molar-refractivity contribution in [2.45, 2.75) is 35.2 Å². The maximum absolute atomic E-state index is 9.01. The maximum Gasteiger partial charge on any atom is 0.257 e. The average Bonchev–Trinajstić information content (AvgIpc) is 1.46. The molecule has 0 N–H and O–H groups in total. The van der Waals surface area contributed by atoms with Crippen molar-refractivity contribution >= 4 is 9.41 Å². The zero-order valence-electron chi connectivity index (χ0n) is 3.99. The second-order valence-corrected chi connectivity index (χ2v) is 0.707. The Labute approximate surface area is 50.0 Å². The van der Waals surface area contributed by atoms with Gasteiger partial charge in [0.2, 0.25) is 0 Å². The summed E-state index contributed by atoms with van der Waals surface area (Å²) in [7, 11) is -0.500. The summed E-state index contributed by atoms with van der Waals surface area (Å²) in [5.41, 5.74) is 0. The van der Waals surface area contributed by atoms with Crippen LogP contribution >= 0.6 is 0 Å². The van der Waals surface area contributed by atoms with Crippen molar-refractivity contribution in [1.82, 2.24) is 0 Å². The first-order valence-corrected chi connectivity index (χ1v) is 3.44. The zero-order valence-corrected chi connectivity index (χ0v) is 5.14. The van der Waals surface area contributed by atoms with E-state index in [0.717, 1.165) is 0 Å². The molecule has 0 aromatic heterocycles. The van der Waals surface area contributed by atoms with E-state index >= 15 is 0 Å². The Balaban J connectivity index is -0.0000000105. The number of rotatable bonds is 0. The molecular formula is C5H18OSi. The lowest BCUT2D eigenvalue weighted by molar-refractivity contribution is 0.580. The minimum absolute atomic E-state index is 0. The summed E-state index contributed by atoms with van der Waals surface area (Å²) in [5, 5.41) is 0. The fraction of sp³-hybridized carbons (Fsp3) is 1.00. The molecule has 7 heavy (non-hydrogen) atoms. The van der Waals surface area contributed by atoms with Crippen molar-refractivity contribution in [3.05, 3.63) is 0 Å². The first-order chi connectivity index (χ1) is 2.41. The molecule has 0 saturated heterocycles. The molecule has 0 aliphatic carbocycles. The summed E-state index contributed by atoms with van der Waals surface area (Å²) in [5.74, 6) is 0. The van der Waals surface area contributed by atoms with Gasteiger partial charge in [0.1, 0.15) is 0 Å². The lowest BCUT2D eigenvalue weighted by atomic mass is 11.0. The fourth-order valence-corrected chi connectivity index (χ4v) is 0. The molecule has 0 unspecified atom stereocenters. The third kappa shape index (κ3) is 341000. The van der Waals surface area contributed by atoms with Crippen molar-refractivity contribution in [2.24, 2.45) is 0 Å². The van der Waals surface area contributed by atoms with Crippen LogP contribution in [0.2, 0.25) is 6.55 Å². The van der Waals surface area contributed by atoms with E-state index in [-0.39, 0.29) is 14.9 Å². The topological polar surface area (TPSA) is 17.1 Å². The number of hydrogen-bond donors (Lipinski definition) is 0. The van der Waals surface area contributed by atoms with E-state index in [0.29, 0.717) is 0 Å². The summed E-state index contributed by atoms with van der Waals surface area (Å²) >= 11 is 0. The van der Waals surface area contributed by atoms with Gasteiger partial charge < -0.3 is 4.46 Å². The van der Waals surface area contributed by atoms with Gasteiger partial charge >= 0.3 is 0 Å². The highest BCUT2D eigenvalue weighted by Crippen LogP contribution is 1.14. The molecule has 0 fully saturated rings. The third-order valence-electron chi connectivity index (χ3n) is 0. The minimum atomic E-state index is -0.500. The molecule has 0 aromatic carbocycles. The molecule has 48 valence electrons. The van der Waals surface area contributed by atoms with E-state index in [2.05, 4.69) is 0 Å². The van der Waals surface area contributed by atoms with Crippen molar-refractivity contribution in [3.8, 4) is 0 Å². The van der Waals surface area contributed by atoms with E-state index in [1.165, 1.54) is 0 Å². The van der Waals surface area contributed by atoms with Crippen LogP contribution in [0.15, 0.2) is 0 Å². The first kappa shape index (κ1) is 27.9. The molecule has 2 heteroatoms. The maximum atomic E-state index is 9.01. The molecule has 0 saturated carbocycles. The molecule has 0 bridgehead atoms. The largest absolute Gasteiger partial charge is 0.392 e. The Morgan fingerprint density at radius 1 is 1.14 bits per heavy atom. The SMILES string of the molecule is C.C.CC.C[SiH]=O. The summed E-state index contributed by atoms with van der Waals surface area (Å²) in [6.07, 6.45) is 0. The van der Waals surface area contributed by atoms with Crippen molar-refractivity contribution in [3.63, 3.8) is 0 Å². The molecule has 1 nitrogen and oxygen atoms in total. The van der Waals surface area contributed by atoms with Gasteiger partial charge in [0.15, 0.2) is 0 Å².